The van der Waals surface area contributed by atoms with Gasteiger partial charge in [0, 0.05) is 6.54 Å². The lowest BCUT2D eigenvalue weighted by molar-refractivity contribution is 0.176. The second kappa shape index (κ2) is 3.75. The zero-order chi connectivity index (χ0) is 9.97. The van der Waals surface area contributed by atoms with Crippen molar-refractivity contribution in [1.29, 1.82) is 0 Å². The van der Waals surface area contributed by atoms with E-state index in [1.54, 1.807) is 6.92 Å². The number of hydrogen-bond donors (Lipinski definition) is 1. The Labute approximate surface area is 82.2 Å². The van der Waals surface area contributed by atoms with E-state index in [0.29, 0.717) is 13.0 Å². The third-order valence-corrected chi connectivity index (χ3v) is 2.18. The van der Waals surface area contributed by atoms with Gasteiger partial charge in [0.05, 0.1) is 11.6 Å². The Morgan fingerprint density at radius 3 is 3.00 bits per heavy atom. The number of benzene rings is 1. The van der Waals surface area contributed by atoms with Crippen LogP contribution in [-0.2, 0) is 6.54 Å². The second-order valence-electron chi connectivity index (χ2n) is 3.44. The number of aryl methyl sites for hydroxylation is 1. The summed E-state index contributed by atoms with van der Waals surface area (Å²) in [4.78, 5) is 0. The fourth-order valence-corrected chi connectivity index (χ4v) is 1.39. The van der Waals surface area contributed by atoms with Gasteiger partial charge in [0.15, 0.2) is 0 Å². The Morgan fingerprint density at radius 1 is 1.43 bits per heavy atom. The first-order chi connectivity index (χ1) is 6.77. The van der Waals surface area contributed by atoms with Crippen LogP contribution in [0.15, 0.2) is 24.3 Å². The molecule has 0 spiro atoms. The van der Waals surface area contributed by atoms with Gasteiger partial charge in [-0.1, -0.05) is 17.3 Å². The summed E-state index contributed by atoms with van der Waals surface area (Å²) in [5, 5.41) is 17.2. The average Bonchev–Trinajstić information content (AvgIpc) is 2.58. The number of aliphatic hydroxyl groups excluding tert-OH is 1. The SMILES string of the molecule is C[C@@H](O)CCn1nnc2ccccc21. The number of aromatic nitrogens is 3. The fraction of sp³-hybridized carbons (Fsp3) is 0.400. The van der Waals surface area contributed by atoms with Gasteiger partial charge in [-0.2, -0.15) is 0 Å². The highest BCUT2D eigenvalue weighted by Gasteiger charge is 2.03. The highest BCUT2D eigenvalue weighted by atomic mass is 16.3. The van der Waals surface area contributed by atoms with Crippen LogP contribution in [0.25, 0.3) is 11.0 Å². The van der Waals surface area contributed by atoms with Crippen molar-refractivity contribution in [1.82, 2.24) is 15.0 Å². The summed E-state index contributed by atoms with van der Waals surface area (Å²) in [7, 11) is 0. The molecule has 1 heterocycles. The van der Waals surface area contributed by atoms with Gasteiger partial charge in [-0.3, -0.25) is 0 Å². The number of aliphatic hydroxyl groups is 1. The maximum atomic E-state index is 9.16. The largest absolute Gasteiger partial charge is 0.393 e. The first-order valence-electron chi connectivity index (χ1n) is 4.73. The predicted octanol–water partition coefficient (Wildman–Crippen LogP) is 1.20. The summed E-state index contributed by atoms with van der Waals surface area (Å²) < 4.78 is 1.82. The summed E-state index contributed by atoms with van der Waals surface area (Å²) >= 11 is 0. The van der Waals surface area contributed by atoms with Crippen LogP contribution in [0, 0.1) is 0 Å². The molecule has 0 amide bonds. The van der Waals surface area contributed by atoms with Gasteiger partial charge >= 0.3 is 0 Å². The first-order valence-corrected chi connectivity index (χ1v) is 4.73. The number of para-hydroxylation sites is 1. The molecule has 14 heavy (non-hydrogen) atoms. The standard InChI is InChI=1S/C10H13N3O/c1-8(14)6-7-13-10-5-3-2-4-9(10)11-12-13/h2-5,8,14H,6-7H2,1H3/t8-/m1/s1. The molecule has 2 rings (SSSR count). The molecule has 1 aromatic carbocycles. The minimum absolute atomic E-state index is 0.294. The molecule has 0 radical (unpaired) electrons. The van der Waals surface area contributed by atoms with Crippen molar-refractivity contribution < 1.29 is 5.11 Å². The molecule has 0 aliphatic rings. The Hall–Kier alpha value is -1.42. The topological polar surface area (TPSA) is 50.9 Å². The maximum Gasteiger partial charge on any atom is 0.113 e. The normalized spacial score (nSPS) is 13.3. The second-order valence-corrected chi connectivity index (χ2v) is 3.44. The minimum atomic E-state index is -0.294. The first kappa shape index (κ1) is 9.15. The van der Waals surface area contributed by atoms with Gasteiger partial charge in [0.1, 0.15) is 5.52 Å². The smallest absolute Gasteiger partial charge is 0.113 e. The number of fused-ring (bicyclic) bond motifs is 1. The molecule has 0 fully saturated rings. The molecular weight excluding hydrogens is 178 g/mol. The lowest BCUT2D eigenvalue weighted by Crippen LogP contribution is -2.08. The van der Waals surface area contributed by atoms with Crippen LogP contribution in [-0.4, -0.2) is 26.2 Å². The lowest BCUT2D eigenvalue weighted by atomic mass is 10.3. The molecule has 1 N–H and O–H groups in total. The summed E-state index contributed by atoms with van der Waals surface area (Å²) in [5.41, 5.74) is 1.92. The minimum Gasteiger partial charge on any atom is -0.393 e. The maximum absolute atomic E-state index is 9.16. The van der Waals surface area contributed by atoms with E-state index >= 15 is 0 Å². The van der Waals surface area contributed by atoms with E-state index in [1.165, 1.54) is 0 Å². The van der Waals surface area contributed by atoms with E-state index in [2.05, 4.69) is 10.3 Å². The van der Waals surface area contributed by atoms with Crippen LogP contribution < -0.4 is 0 Å². The van der Waals surface area contributed by atoms with Crippen molar-refractivity contribution >= 4 is 11.0 Å². The molecule has 0 aliphatic carbocycles. The summed E-state index contributed by atoms with van der Waals surface area (Å²) in [6.45, 7) is 2.48. The lowest BCUT2D eigenvalue weighted by Gasteiger charge is -2.03. The molecule has 2 aromatic rings. The Morgan fingerprint density at radius 2 is 2.21 bits per heavy atom. The van der Waals surface area contributed by atoms with Gasteiger partial charge in [0.2, 0.25) is 0 Å². The van der Waals surface area contributed by atoms with Crippen molar-refractivity contribution in [3.05, 3.63) is 24.3 Å². The van der Waals surface area contributed by atoms with Crippen LogP contribution >= 0.6 is 0 Å². The van der Waals surface area contributed by atoms with Crippen LogP contribution in [0.5, 0.6) is 0 Å². The monoisotopic (exact) mass is 191 g/mol. The molecule has 0 unspecified atom stereocenters. The highest BCUT2D eigenvalue weighted by molar-refractivity contribution is 5.73. The van der Waals surface area contributed by atoms with Gasteiger partial charge < -0.3 is 5.11 Å². The Balaban J connectivity index is 2.25. The Kier molecular flexibility index (Phi) is 2.45. The summed E-state index contributed by atoms with van der Waals surface area (Å²) in [5.74, 6) is 0. The van der Waals surface area contributed by atoms with Gasteiger partial charge in [0.25, 0.3) is 0 Å². The van der Waals surface area contributed by atoms with Crippen LogP contribution in [0.4, 0.5) is 0 Å². The van der Waals surface area contributed by atoms with Crippen LogP contribution in [0.2, 0.25) is 0 Å². The van der Waals surface area contributed by atoms with E-state index in [9.17, 15) is 0 Å². The molecule has 1 atom stereocenters. The molecular formula is C10H13N3O. The van der Waals surface area contributed by atoms with Crippen molar-refractivity contribution in [2.45, 2.75) is 26.0 Å². The zero-order valence-electron chi connectivity index (χ0n) is 8.09. The average molecular weight is 191 g/mol. The number of rotatable bonds is 3. The molecule has 1 aromatic heterocycles. The van der Waals surface area contributed by atoms with Crippen molar-refractivity contribution in [3.8, 4) is 0 Å². The summed E-state index contributed by atoms with van der Waals surface area (Å²) in [6, 6.07) is 7.82. The van der Waals surface area contributed by atoms with Crippen LogP contribution in [0.1, 0.15) is 13.3 Å². The van der Waals surface area contributed by atoms with E-state index in [0.717, 1.165) is 11.0 Å². The van der Waals surface area contributed by atoms with Crippen LogP contribution in [0.3, 0.4) is 0 Å². The van der Waals surface area contributed by atoms with Gasteiger partial charge in [-0.25, -0.2) is 4.68 Å². The molecule has 4 nitrogen and oxygen atoms in total. The van der Waals surface area contributed by atoms with Gasteiger partial charge in [-0.15, -0.1) is 5.10 Å². The van der Waals surface area contributed by atoms with E-state index < -0.39 is 0 Å². The van der Waals surface area contributed by atoms with E-state index in [4.69, 9.17) is 5.11 Å². The highest BCUT2D eigenvalue weighted by Crippen LogP contribution is 2.10. The molecule has 0 aliphatic heterocycles. The van der Waals surface area contributed by atoms with Crippen molar-refractivity contribution in [2.75, 3.05) is 0 Å². The predicted molar refractivity (Wildman–Crippen MR) is 53.8 cm³/mol. The molecule has 0 saturated heterocycles. The Bertz CT molecular complexity index is 422. The molecule has 0 bridgehead atoms. The third kappa shape index (κ3) is 1.75. The molecule has 0 saturated carbocycles. The quantitative estimate of drug-likeness (QED) is 0.793. The number of nitrogens with zero attached hydrogens (tertiary/aromatic N) is 3. The fourth-order valence-electron chi connectivity index (χ4n) is 1.39. The van der Waals surface area contributed by atoms with Gasteiger partial charge in [-0.05, 0) is 25.5 Å². The molecule has 4 heteroatoms. The zero-order valence-corrected chi connectivity index (χ0v) is 8.09. The number of hydrogen-bond acceptors (Lipinski definition) is 3. The third-order valence-electron chi connectivity index (χ3n) is 2.18. The van der Waals surface area contributed by atoms with E-state index in [-0.39, 0.29) is 6.10 Å². The van der Waals surface area contributed by atoms with Crippen molar-refractivity contribution in [3.63, 3.8) is 0 Å². The van der Waals surface area contributed by atoms with E-state index in [1.807, 2.05) is 28.9 Å². The summed E-state index contributed by atoms with van der Waals surface area (Å²) in [6.07, 6.45) is 0.408. The van der Waals surface area contributed by atoms with Crippen molar-refractivity contribution in [2.24, 2.45) is 0 Å². The molecule has 74 valence electrons.